The van der Waals surface area contributed by atoms with E-state index in [1.54, 1.807) is 19.1 Å². The van der Waals surface area contributed by atoms with Gasteiger partial charge in [0.05, 0.1) is 0 Å². The van der Waals surface area contributed by atoms with E-state index in [0.717, 1.165) is 23.8 Å². The van der Waals surface area contributed by atoms with Crippen molar-refractivity contribution in [1.82, 2.24) is 19.8 Å². The highest BCUT2D eigenvalue weighted by Gasteiger charge is 2.24. The van der Waals surface area contributed by atoms with Gasteiger partial charge in [-0.3, -0.25) is 4.90 Å². The van der Waals surface area contributed by atoms with Crippen LogP contribution in [0.4, 0.5) is 19.3 Å². The van der Waals surface area contributed by atoms with Gasteiger partial charge in [0, 0.05) is 12.2 Å². The first-order chi connectivity index (χ1) is 12.5. The first kappa shape index (κ1) is 17.5. The van der Waals surface area contributed by atoms with Gasteiger partial charge in [0.1, 0.15) is 5.69 Å². The molecule has 0 saturated carbocycles. The SMILES string of the molecule is CCN(C(=O)n1nnn(-c2c(F)cccc2F)c1=O)c1ccccc1C. The number of hydrogen-bond donors (Lipinski definition) is 0. The summed E-state index contributed by atoms with van der Waals surface area (Å²) in [6.07, 6.45) is 0. The normalized spacial score (nSPS) is 10.8. The van der Waals surface area contributed by atoms with Crippen molar-refractivity contribution in [2.75, 3.05) is 11.4 Å². The number of tetrazole rings is 1. The minimum atomic E-state index is -1.06. The second-order valence-corrected chi connectivity index (χ2v) is 5.47. The number of amides is 1. The zero-order chi connectivity index (χ0) is 18.8. The molecule has 0 atom stereocenters. The van der Waals surface area contributed by atoms with Crippen LogP contribution in [0.25, 0.3) is 5.69 Å². The summed E-state index contributed by atoms with van der Waals surface area (Å²) in [7, 11) is 0. The van der Waals surface area contributed by atoms with Crippen molar-refractivity contribution in [2.45, 2.75) is 13.8 Å². The molecule has 1 aromatic heterocycles. The number of carbonyl (C=O) groups is 1. The predicted molar refractivity (Wildman–Crippen MR) is 90.5 cm³/mol. The van der Waals surface area contributed by atoms with Crippen molar-refractivity contribution in [1.29, 1.82) is 0 Å². The topological polar surface area (TPSA) is 73.0 Å². The number of benzene rings is 2. The standard InChI is InChI=1S/C17H15F2N5O2/c1-3-22(14-10-5-4-7-11(14)2)16(25)24-17(26)23(20-21-24)15-12(18)8-6-9-13(15)19/h4-10H,3H2,1-2H3. The summed E-state index contributed by atoms with van der Waals surface area (Å²) in [4.78, 5) is 26.5. The van der Waals surface area contributed by atoms with Crippen molar-refractivity contribution in [3.63, 3.8) is 0 Å². The lowest BCUT2D eigenvalue weighted by atomic mass is 10.2. The first-order valence-corrected chi connectivity index (χ1v) is 7.82. The number of anilines is 1. The molecule has 3 aromatic rings. The van der Waals surface area contributed by atoms with Gasteiger partial charge in [-0.2, -0.15) is 4.68 Å². The molecule has 2 aromatic carbocycles. The van der Waals surface area contributed by atoms with E-state index >= 15 is 0 Å². The number of rotatable bonds is 3. The maximum Gasteiger partial charge on any atom is 0.377 e. The van der Waals surface area contributed by atoms with Crippen molar-refractivity contribution >= 4 is 11.7 Å². The molecule has 0 aliphatic carbocycles. The average molecular weight is 359 g/mol. The highest BCUT2D eigenvalue weighted by Crippen LogP contribution is 2.20. The Kier molecular flexibility index (Phi) is 4.61. The fourth-order valence-electron chi connectivity index (χ4n) is 2.59. The highest BCUT2D eigenvalue weighted by molar-refractivity contribution is 5.93. The number of aryl methyl sites for hydroxylation is 1. The molecule has 0 N–H and O–H groups in total. The summed E-state index contributed by atoms with van der Waals surface area (Å²) >= 11 is 0. The molecular weight excluding hydrogens is 344 g/mol. The van der Waals surface area contributed by atoms with Gasteiger partial charge in [-0.25, -0.2) is 18.4 Å². The lowest BCUT2D eigenvalue weighted by Crippen LogP contribution is -2.41. The second-order valence-electron chi connectivity index (χ2n) is 5.47. The van der Waals surface area contributed by atoms with Gasteiger partial charge in [0.2, 0.25) is 0 Å². The van der Waals surface area contributed by atoms with Gasteiger partial charge < -0.3 is 0 Å². The minimum Gasteiger partial charge on any atom is -0.292 e. The summed E-state index contributed by atoms with van der Waals surface area (Å²) in [5, 5.41) is 6.94. The summed E-state index contributed by atoms with van der Waals surface area (Å²) in [5.41, 5.74) is -0.330. The third kappa shape index (κ3) is 2.87. The molecule has 0 bridgehead atoms. The molecule has 0 saturated heterocycles. The van der Waals surface area contributed by atoms with Crippen LogP contribution in [0.2, 0.25) is 0 Å². The fraction of sp³-hybridized carbons (Fsp3) is 0.176. The quantitative estimate of drug-likeness (QED) is 0.674. The molecule has 0 aliphatic rings. The minimum absolute atomic E-state index is 0.261. The van der Waals surface area contributed by atoms with E-state index in [9.17, 15) is 18.4 Å². The van der Waals surface area contributed by atoms with Crippen molar-refractivity contribution in [3.8, 4) is 5.69 Å². The number of hydrogen-bond acceptors (Lipinski definition) is 4. The van der Waals surface area contributed by atoms with Crippen molar-refractivity contribution < 1.29 is 13.6 Å². The van der Waals surface area contributed by atoms with Crippen LogP contribution in [0.15, 0.2) is 47.3 Å². The molecule has 0 fully saturated rings. The van der Waals surface area contributed by atoms with Crippen LogP contribution in [0, 0.1) is 18.6 Å². The van der Waals surface area contributed by atoms with E-state index in [0.29, 0.717) is 15.1 Å². The number of aromatic nitrogens is 4. The lowest BCUT2D eigenvalue weighted by Gasteiger charge is -2.21. The molecule has 1 amide bonds. The van der Waals surface area contributed by atoms with Crippen LogP contribution in [-0.2, 0) is 0 Å². The molecule has 0 aliphatic heterocycles. The molecular formula is C17H15F2N5O2. The predicted octanol–water partition coefficient (Wildman–Crippen LogP) is 2.51. The van der Waals surface area contributed by atoms with Gasteiger partial charge in [0.15, 0.2) is 11.6 Å². The Balaban J connectivity index is 2.06. The van der Waals surface area contributed by atoms with Crippen LogP contribution in [0.1, 0.15) is 12.5 Å². The van der Waals surface area contributed by atoms with Gasteiger partial charge in [-0.1, -0.05) is 24.3 Å². The molecule has 0 spiro atoms. The molecule has 3 rings (SSSR count). The molecule has 9 heteroatoms. The van der Waals surface area contributed by atoms with Gasteiger partial charge >= 0.3 is 11.7 Å². The lowest BCUT2D eigenvalue weighted by molar-refractivity contribution is 0.244. The molecule has 26 heavy (non-hydrogen) atoms. The number of nitrogens with zero attached hydrogens (tertiary/aromatic N) is 5. The van der Waals surface area contributed by atoms with Crippen LogP contribution in [-0.4, -0.2) is 32.4 Å². The summed E-state index contributed by atoms with van der Waals surface area (Å²) in [6.45, 7) is 3.81. The molecule has 134 valence electrons. The first-order valence-electron chi connectivity index (χ1n) is 7.82. The molecule has 1 heterocycles. The van der Waals surface area contributed by atoms with Crippen LogP contribution in [0.3, 0.4) is 0 Å². The van der Waals surface area contributed by atoms with E-state index < -0.39 is 29.0 Å². The Morgan fingerprint density at radius 2 is 1.73 bits per heavy atom. The summed E-state index contributed by atoms with van der Waals surface area (Å²) < 4.78 is 28.7. The maximum atomic E-state index is 13.9. The Morgan fingerprint density at radius 3 is 2.35 bits per heavy atom. The van der Waals surface area contributed by atoms with E-state index in [-0.39, 0.29) is 6.54 Å². The Labute approximate surface area is 147 Å². The molecule has 7 nitrogen and oxygen atoms in total. The van der Waals surface area contributed by atoms with Crippen LogP contribution >= 0.6 is 0 Å². The molecule has 0 unspecified atom stereocenters. The van der Waals surface area contributed by atoms with E-state index in [2.05, 4.69) is 10.4 Å². The zero-order valence-corrected chi connectivity index (χ0v) is 14.1. The van der Waals surface area contributed by atoms with Crippen molar-refractivity contribution in [2.24, 2.45) is 0 Å². The monoisotopic (exact) mass is 359 g/mol. The fourth-order valence-corrected chi connectivity index (χ4v) is 2.59. The Bertz CT molecular complexity index is 1010. The van der Waals surface area contributed by atoms with Crippen molar-refractivity contribution in [3.05, 3.63) is 70.1 Å². The third-order valence-electron chi connectivity index (χ3n) is 3.87. The van der Waals surface area contributed by atoms with Gasteiger partial charge in [0.25, 0.3) is 0 Å². The Morgan fingerprint density at radius 1 is 1.08 bits per heavy atom. The zero-order valence-electron chi connectivity index (χ0n) is 14.1. The summed E-state index contributed by atoms with van der Waals surface area (Å²) in [5.74, 6) is -1.98. The maximum absolute atomic E-state index is 13.9. The third-order valence-corrected chi connectivity index (χ3v) is 3.87. The van der Waals surface area contributed by atoms with Gasteiger partial charge in [-0.15, -0.1) is 4.68 Å². The number of para-hydroxylation sites is 2. The smallest absolute Gasteiger partial charge is 0.292 e. The number of carbonyl (C=O) groups excluding carboxylic acids is 1. The molecule has 0 radical (unpaired) electrons. The van der Waals surface area contributed by atoms with Gasteiger partial charge in [-0.05, 0) is 48.0 Å². The summed E-state index contributed by atoms with van der Waals surface area (Å²) in [6, 6.07) is 9.48. The van der Waals surface area contributed by atoms with Crippen LogP contribution < -0.4 is 10.6 Å². The Hall–Kier alpha value is -3.36. The largest absolute Gasteiger partial charge is 0.377 e. The van der Waals surface area contributed by atoms with E-state index in [1.807, 2.05) is 19.1 Å². The average Bonchev–Trinajstić information content (AvgIpc) is 2.98. The van der Waals surface area contributed by atoms with Crippen LogP contribution in [0.5, 0.6) is 0 Å². The number of halogens is 2. The second kappa shape index (κ2) is 6.87. The van der Waals surface area contributed by atoms with E-state index in [1.165, 1.54) is 4.90 Å². The highest BCUT2D eigenvalue weighted by atomic mass is 19.1. The van der Waals surface area contributed by atoms with E-state index in [4.69, 9.17) is 0 Å².